The van der Waals surface area contributed by atoms with Gasteiger partial charge in [-0.25, -0.2) is 0 Å². The number of piperidine rings is 1. The van der Waals surface area contributed by atoms with Crippen LogP contribution in [0.25, 0.3) is 0 Å². The molecule has 2 aliphatic rings. The van der Waals surface area contributed by atoms with Crippen LogP contribution in [0, 0.1) is 0 Å². The van der Waals surface area contributed by atoms with Crippen molar-refractivity contribution >= 4 is 5.91 Å². The van der Waals surface area contributed by atoms with Gasteiger partial charge in [-0.1, -0.05) is 25.1 Å². The number of ether oxygens (including phenoxy) is 1. The van der Waals surface area contributed by atoms with Crippen LogP contribution < -0.4 is 15.4 Å². The number of carbonyl (C=O) groups is 1. The quantitative estimate of drug-likeness (QED) is 0.869. The molecule has 1 atom stereocenters. The molecule has 2 aliphatic heterocycles. The normalized spacial score (nSPS) is 23.8. The van der Waals surface area contributed by atoms with Gasteiger partial charge in [0.05, 0.1) is 6.04 Å². The van der Waals surface area contributed by atoms with E-state index in [4.69, 9.17) is 4.74 Å². The lowest BCUT2D eigenvalue weighted by molar-refractivity contribution is -0.122. The van der Waals surface area contributed by atoms with E-state index in [2.05, 4.69) is 16.7 Å². The number of fused-ring (bicyclic) bond motifs is 1. The van der Waals surface area contributed by atoms with Gasteiger partial charge in [0.2, 0.25) is 5.91 Å². The van der Waals surface area contributed by atoms with Gasteiger partial charge in [0.15, 0.2) is 0 Å². The molecule has 20 heavy (non-hydrogen) atoms. The zero-order valence-corrected chi connectivity index (χ0v) is 11.9. The number of hydrogen-bond acceptors (Lipinski definition) is 3. The van der Waals surface area contributed by atoms with E-state index >= 15 is 0 Å². The Labute approximate surface area is 119 Å². The van der Waals surface area contributed by atoms with E-state index in [1.165, 1.54) is 0 Å². The number of nitrogens with one attached hydrogen (secondary N) is 2. The van der Waals surface area contributed by atoms with E-state index in [1.54, 1.807) is 0 Å². The Morgan fingerprint density at radius 3 is 2.90 bits per heavy atom. The van der Waals surface area contributed by atoms with Crippen molar-refractivity contribution in [3.05, 3.63) is 29.8 Å². The summed E-state index contributed by atoms with van der Waals surface area (Å²) < 4.78 is 6.31. The van der Waals surface area contributed by atoms with Gasteiger partial charge >= 0.3 is 0 Å². The molecule has 2 heterocycles. The molecule has 1 saturated heterocycles. The van der Waals surface area contributed by atoms with Crippen LogP contribution in [0.3, 0.4) is 0 Å². The Kier molecular flexibility index (Phi) is 3.66. The van der Waals surface area contributed by atoms with Crippen LogP contribution in [0.15, 0.2) is 24.3 Å². The highest BCUT2D eigenvalue weighted by Gasteiger charge is 2.42. The molecule has 1 fully saturated rings. The average molecular weight is 274 g/mol. The Morgan fingerprint density at radius 1 is 1.40 bits per heavy atom. The summed E-state index contributed by atoms with van der Waals surface area (Å²) in [5, 5.41) is 6.54. The molecule has 0 saturated carbocycles. The maximum absolute atomic E-state index is 11.8. The molecule has 0 aliphatic carbocycles. The SMILES string of the molecule is CCC(=O)NC1CC2(CCNCC2)Oc2ccccc21. The number of carbonyl (C=O) groups excluding carboxylic acids is 1. The Morgan fingerprint density at radius 2 is 2.15 bits per heavy atom. The summed E-state index contributed by atoms with van der Waals surface area (Å²) in [5.74, 6) is 1.04. The maximum atomic E-state index is 11.8. The maximum Gasteiger partial charge on any atom is 0.220 e. The fourth-order valence-electron chi connectivity index (χ4n) is 3.23. The molecule has 0 aromatic heterocycles. The second-order valence-corrected chi connectivity index (χ2v) is 5.75. The van der Waals surface area contributed by atoms with E-state index in [0.717, 1.165) is 43.7 Å². The average Bonchev–Trinajstić information content (AvgIpc) is 2.48. The van der Waals surface area contributed by atoms with Crippen molar-refractivity contribution < 1.29 is 9.53 Å². The minimum absolute atomic E-state index is 0.0745. The van der Waals surface area contributed by atoms with Gasteiger partial charge in [-0.05, 0) is 32.0 Å². The fraction of sp³-hybridized carbons (Fsp3) is 0.562. The van der Waals surface area contributed by atoms with Gasteiger partial charge in [-0.3, -0.25) is 4.79 Å². The molecule has 4 nitrogen and oxygen atoms in total. The minimum atomic E-state index is -0.120. The third-order valence-corrected chi connectivity index (χ3v) is 4.37. The first-order valence-corrected chi connectivity index (χ1v) is 7.50. The van der Waals surface area contributed by atoms with Crippen molar-refractivity contribution in [3.8, 4) is 5.75 Å². The molecule has 0 radical (unpaired) electrons. The van der Waals surface area contributed by atoms with Crippen molar-refractivity contribution in [2.75, 3.05) is 13.1 Å². The van der Waals surface area contributed by atoms with Gasteiger partial charge in [0.1, 0.15) is 11.4 Å². The van der Waals surface area contributed by atoms with E-state index in [9.17, 15) is 4.79 Å². The molecule has 108 valence electrons. The summed E-state index contributed by atoms with van der Waals surface area (Å²) in [5.41, 5.74) is 0.990. The number of hydrogen-bond donors (Lipinski definition) is 2. The van der Waals surface area contributed by atoms with Crippen LogP contribution in [0.4, 0.5) is 0 Å². The Bertz CT molecular complexity index is 495. The van der Waals surface area contributed by atoms with E-state index in [-0.39, 0.29) is 17.6 Å². The van der Waals surface area contributed by atoms with Gasteiger partial charge in [-0.2, -0.15) is 0 Å². The summed E-state index contributed by atoms with van der Waals surface area (Å²) in [7, 11) is 0. The number of para-hydroxylation sites is 1. The van der Waals surface area contributed by atoms with Crippen LogP contribution >= 0.6 is 0 Å². The van der Waals surface area contributed by atoms with Crippen molar-refractivity contribution in [1.29, 1.82) is 0 Å². The van der Waals surface area contributed by atoms with Crippen molar-refractivity contribution in [2.45, 2.75) is 44.2 Å². The summed E-state index contributed by atoms with van der Waals surface area (Å²) in [6, 6.07) is 8.16. The van der Waals surface area contributed by atoms with Crippen molar-refractivity contribution in [2.24, 2.45) is 0 Å². The second-order valence-electron chi connectivity index (χ2n) is 5.75. The first-order chi connectivity index (χ1) is 9.72. The number of rotatable bonds is 2. The van der Waals surface area contributed by atoms with Crippen LogP contribution in [-0.2, 0) is 4.79 Å². The summed E-state index contributed by atoms with van der Waals surface area (Å²) in [6.07, 6.45) is 3.39. The lowest BCUT2D eigenvalue weighted by Crippen LogP contribution is -2.51. The Hall–Kier alpha value is -1.55. The minimum Gasteiger partial charge on any atom is -0.487 e. The summed E-state index contributed by atoms with van der Waals surface area (Å²) >= 11 is 0. The number of amides is 1. The molecule has 3 rings (SSSR count). The van der Waals surface area contributed by atoms with Gasteiger partial charge < -0.3 is 15.4 Å². The number of benzene rings is 1. The standard InChI is InChI=1S/C16H22N2O2/c1-2-15(19)18-13-11-16(7-9-17-10-8-16)20-14-6-4-3-5-12(13)14/h3-6,13,17H,2,7-11H2,1H3,(H,18,19). The lowest BCUT2D eigenvalue weighted by Gasteiger charge is -2.44. The first kappa shape index (κ1) is 13.4. The molecule has 0 bridgehead atoms. The van der Waals surface area contributed by atoms with Crippen LogP contribution in [-0.4, -0.2) is 24.6 Å². The molecule has 4 heteroatoms. The van der Waals surface area contributed by atoms with Crippen LogP contribution in [0.1, 0.15) is 44.2 Å². The third-order valence-electron chi connectivity index (χ3n) is 4.37. The zero-order chi connectivity index (χ0) is 14.0. The molecule has 2 N–H and O–H groups in total. The topological polar surface area (TPSA) is 50.4 Å². The smallest absolute Gasteiger partial charge is 0.220 e. The zero-order valence-electron chi connectivity index (χ0n) is 11.9. The monoisotopic (exact) mass is 274 g/mol. The first-order valence-electron chi connectivity index (χ1n) is 7.50. The highest BCUT2D eigenvalue weighted by molar-refractivity contribution is 5.76. The predicted octanol–water partition coefficient (Wildman–Crippen LogP) is 2.16. The molecule has 1 aromatic rings. The molecule has 1 amide bonds. The van der Waals surface area contributed by atoms with Gasteiger partial charge in [-0.15, -0.1) is 0 Å². The molecular formula is C16H22N2O2. The van der Waals surface area contributed by atoms with E-state index in [1.807, 2.05) is 25.1 Å². The fourth-order valence-corrected chi connectivity index (χ4v) is 3.23. The predicted molar refractivity (Wildman–Crippen MR) is 77.7 cm³/mol. The van der Waals surface area contributed by atoms with E-state index < -0.39 is 0 Å². The van der Waals surface area contributed by atoms with Crippen molar-refractivity contribution in [3.63, 3.8) is 0 Å². The van der Waals surface area contributed by atoms with Gasteiger partial charge in [0.25, 0.3) is 0 Å². The highest BCUT2D eigenvalue weighted by Crippen LogP contribution is 2.43. The largest absolute Gasteiger partial charge is 0.487 e. The molecule has 1 unspecified atom stereocenters. The summed E-state index contributed by atoms with van der Waals surface area (Å²) in [6.45, 7) is 3.86. The van der Waals surface area contributed by atoms with E-state index in [0.29, 0.717) is 6.42 Å². The molecule has 1 spiro atoms. The van der Waals surface area contributed by atoms with Gasteiger partial charge in [0, 0.05) is 18.4 Å². The Balaban J connectivity index is 1.89. The molecular weight excluding hydrogens is 252 g/mol. The van der Waals surface area contributed by atoms with Crippen molar-refractivity contribution in [1.82, 2.24) is 10.6 Å². The van der Waals surface area contributed by atoms with Crippen LogP contribution in [0.5, 0.6) is 5.75 Å². The third kappa shape index (κ3) is 2.52. The molecule has 1 aromatic carbocycles. The highest BCUT2D eigenvalue weighted by atomic mass is 16.5. The van der Waals surface area contributed by atoms with Crippen LogP contribution in [0.2, 0.25) is 0 Å². The lowest BCUT2D eigenvalue weighted by atomic mass is 9.81. The summed E-state index contributed by atoms with van der Waals surface area (Å²) in [4.78, 5) is 11.8. The second kappa shape index (κ2) is 5.44.